The summed E-state index contributed by atoms with van der Waals surface area (Å²) < 4.78 is 4.52. The normalized spacial score (nSPS) is 13.9. The molecule has 0 spiro atoms. The van der Waals surface area contributed by atoms with Crippen LogP contribution in [0.5, 0.6) is 0 Å². The minimum absolute atomic E-state index is 0.0668. The molecule has 4 heteroatoms. The maximum Gasteiger partial charge on any atom is 0.306 e. The largest absolute Gasteiger partial charge is 0.469 e. The van der Waals surface area contributed by atoms with Crippen molar-refractivity contribution in [2.24, 2.45) is 11.1 Å². The van der Waals surface area contributed by atoms with Gasteiger partial charge in [-0.2, -0.15) is 0 Å². The van der Waals surface area contributed by atoms with Crippen molar-refractivity contribution in [1.82, 2.24) is 0 Å². The van der Waals surface area contributed by atoms with E-state index >= 15 is 0 Å². The van der Waals surface area contributed by atoms with E-state index in [0.717, 1.165) is 5.75 Å². The lowest BCUT2D eigenvalue weighted by atomic mass is 9.97. The number of rotatable bonds is 4. The summed E-state index contributed by atoms with van der Waals surface area (Å²) in [6, 6.07) is 0. The molecule has 0 saturated carbocycles. The number of hydrogen-bond donors (Lipinski definition) is 1. The van der Waals surface area contributed by atoms with Crippen LogP contribution in [0.3, 0.4) is 0 Å². The number of carbonyl (C=O) groups is 1. The van der Waals surface area contributed by atoms with E-state index in [9.17, 15) is 4.79 Å². The Bertz CT molecular complexity index is 165. The van der Waals surface area contributed by atoms with Crippen LogP contribution in [0.1, 0.15) is 27.2 Å². The second kappa shape index (κ2) is 5.50. The SMILES string of the molecule is COC(=O)CCSC(N)C(C)(C)C. The molecule has 13 heavy (non-hydrogen) atoms. The Kier molecular flexibility index (Phi) is 5.40. The zero-order valence-corrected chi connectivity index (χ0v) is 9.61. The van der Waals surface area contributed by atoms with Gasteiger partial charge in [0.25, 0.3) is 0 Å². The predicted molar refractivity (Wildman–Crippen MR) is 56.5 cm³/mol. The fraction of sp³-hybridized carbons (Fsp3) is 0.889. The van der Waals surface area contributed by atoms with Crippen LogP contribution in [0.15, 0.2) is 0 Å². The van der Waals surface area contributed by atoms with Gasteiger partial charge in [0.1, 0.15) is 0 Å². The van der Waals surface area contributed by atoms with Gasteiger partial charge in [-0.3, -0.25) is 4.79 Å². The molecule has 0 aliphatic rings. The Morgan fingerprint density at radius 1 is 1.54 bits per heavy atom. The van der Waals surface area contributed by atoms with Crippen LogP contribution in [-0.2, 0) is 9.53 Å². The van der Waals surface area contributed by atoms with E-state index in [0.29, 0.717) is 6.42 Å². The van der Waals surface area contributed by atoms with Gasteiger partial charge in [0.05, 0.1) is 18.9 Å². The van der Waals surface area contributed by atoms with E-state index in [1.807, 2.05) is 0 Å². The number of ether oxygens (including phenoxy) is 1. The maximum atomic E-state index is 10.8. The quantitative estimate of drug-likeness (QED) is 0.559. The fourth-order valence-corrected chi connectivity index (χ4v) is 1.66. The highest BCUT2D eigenvalue weighted by molar-refractivity contribution is 7.99. The van der Waals surface area contributed by atoms with Gasteiger partial charge in [-0.25, -0.2) is 0 Å². The molecule has 3 nitrogen and oxygen atoms in total. The minimum Gasteiger partial charge on any atom is -0.469 e. The van der Waals surface area contributed by atoms with Gasteiger partial charge in [0, 0.05) is 5.75 Å². The zero-order valence-electron chi connectivity index (χ0n) is 8.79. The Hall–Kier alpha value is -0.220. The molecule has 0 aliphatic heterocycles. The molecule has 0 amide bonds. The molecular weight excluding hydrogens is 186 g/mol. The van der Waals surface area contributed by atoms with Crippen molar-refractivity contribution in [1.29, 1.82) is 0 Å². The first-order valence-electron chi connectivity index (χ1n) is 4.32. The average Bonchev–Trinajstić information content (AvgIpc) is 2.02. The standard InChI is InChI=1S/C9H19NO2S/c1-9(2,3)8(10)13-6-5-7(11)12-4/h8H,5-6,10H2,1-4H3. The van der Waals surface area contributed by atoms with Crippen molar-refractivity contribution in [3.8, 4) is 0 Å². The molecule has 0 fully saturated rings. The van der Waals surface area contributed by atoms with E-state index in [-0.39, 0.29) is 16.8 Å². The lowest BCUT2D eigenvalue weighted by molar-refractivity contribution is -0.140. The molecule has 0 heterocycles. The Morgan fingerprint density at radius 3 is 2.46 bits per heavy atom. The summed E-state index contributed by atoms with van der Waals surface area (Å²) in [5.41, 5.74) is 5.97. The van der Waals surface area contributed by atoms with E-state index in [1.165, 1.54) is 7.11 Å². The van der Waals surface area contributed by atoms with Crippen molar-refractivity contribution >= 4 is 17.7 Å². The topological polar surface area (TPSA) is 52.3 Å². The number of carbonyl (C=O) groups excluding carboxylic acids is 1. The molecule has 0 aromatic heterocycles. The summed E-state index contributed by atoms with van der Waals surface area (Å²) in [6.07, 6.45) is 0.435. The van der Waals surface area contributed by atoms with Crippen molar-refractivity contribution < 1.29 is 9.53 Å². The van der Waals surface area contributed by atoms with E-state index in [1.54, 1.807) is 11.8 Å². The molecule has 0 aromatic carbocycles. The minimum atomic E-state index is -0.173. The smallest absolute Gasteiger partial charge is 0.306 e. The van der Waals surface area contributed by atoms with Crippen molar-refractivity contribution in [3.05, 3.63) is 0 Å². The highest BCUT2D eigenvalue weighted by Gasteiger charge is 2.20. The van der Waals surface area contributed by atoms with E-state index in [2.05, 4.69) is 25.5 Å². The first-order chi connectivity index (χ1) is 5.88. The molecule has 1 unspecified atom stereocenters. The van der Waals surface area contributed by atoms with Crippen molar-refractivity contribution in [2.75, 3.05) is 12.9 Å². The monoisotopic (exact) mass is 205 g/mol. The van der Waals surface area contributed by atoms with Gasteiger partial charge in [-0.1, -0.05) is 20.8 Å². The third-order valence-electron chi connectivity index (χ3n) is 1.68. The molecule has 0 radical (unpaired) electrons. The first-order valence-corrected chi connectivity index (χ1v) is 5.37. The summed E-state index contributed by atoms with van der Waals surface area (Å²) in [5.74, 6) is 0.555. The third kappa shape index (κ3) is 5.93. The molecule has 0 aliphatic carbocycles. The predicted octanol–water partition coefficient (Wildman–Crippen LogP) is 1.61. The molecule has 78 valence electrons. The molecule has 2 N–H and O–H groups in total. The highest BCUT2D eigenvalue weighted by atomic mass is 32.2. The van der Waals surface area contributed by atoms with Crippen LogP contribution >= 0.6 is 11.8 Å². The Morgan fingerprint density at radius 2 is 2.08 bits per heavy atom. The second-order valence-electron chi connectivity index (χ2n) is 3.98. The summed E-state index contributed by atoms with van der Waals surface area (Å²) >= 11 is 1.60. The number of nitrogens with two attached hydrogens (primary N) is 1. The summed E-state index contributed by atoms with van der Waals surface area (Å²) in [4.78, 5) is 10.8. The lowest BCUT2D eigenvalue weighted by Crippen LogP contribution is -2.32. The zero-order chi connectivity index (χ0) is 10.5. The van der Waals surface area contributed by atoms with Gasteiger partial charge < -0.3 is 10.5 Å². The summed E-state index contributed by atoms with van der Waals surface area (Å²) in [5, 5.41) is 0.0668. The molecule has 1 atom stereocenters. The van der Waals surface area contributed by atoms with Gasteiger partial charge >= 0.3 is 5.97 Å². The summed E-state index contributed by atoms with van der Waals surface area (Å²) in [6.45, 7) is 6.26. The van der Waals surface area contributed by atoms with Crippen LogP contribution in [0.2, 0.25) is 0 Å². The number of thioether (sulfide) groups is 1. The van der Waals surface area contributed by atoms with E-state index in [4.69, 9.17) is 5.73 Å². The highest BCUT2D eigenvalue weighted by Crippen LogP contribution is 2.26. The molecule has 0 saturated heterocycles. The second-order valence-corrected chi connectivity index (χ2v) is 5.23. The van der Waals surface area contributed by atoms with Crippen LogP contribution in [0, 0.1) is 5.41 Å². The first kappa shape index (κ1) is 12.8. The summed E-state index contributed by atoms with van der Waals surface area (Å²) in [7, 11) is 1.40. The van der Waals surface area contributed by atoms with Gasteiger partial charge in [-0.05, 0) is 5.41 Å². The number of esters is 1. The van der Waals surface area contributed by atoms with E-state index < -0.39 is 0 Å². The number of methoxy groups -OCH3 is 1. The molecule has 0 aromatic rings. The molecule has 0 rings (SSSR count). The number of hydrogen-bond acceptors (Lipinski definition) is 4. The van der Waals surface area contributed by atoms with Gasteiger partial charge in [0.15, 0.2) is 0 Å². The molecule has 0 bridgehead atoms. The van der Waals surface area contributed by atoms with Crippen LogP contribution in [0.4, 0.5) is 0 Å². The van der Waals surface area contributed by atoms with Gasteiger partial charge in [-0.15, -0.1) is 11.8 Å². The third-order valence-corrected chi connectivity index (χ3v) is 3.19. The maximum absolute atomic E-state index is 10.8. The molecular formula is C9H19NO2S. The fourth-order valence-electron chi connectivity index (χ4n) is 0.621. The van der Waals surface area contributed by atoms with Crippen molar-refractivity contribution in [2.45, 2.75) is 32.6 Å². The Balaban J connectivity index is 3.60. The van der Waals surface area contributed by atoms with Crippen molar-refractivity contribution in [3.63, 3.8) is 0 Å². The average molecular weight is 205 g/mol. The van der Waals surface area contributed by atoms with Crippen LogP contribution in [-0.4, -0.2) is 24.2 Å². The Labute approximate surface area is 84.4 Å². The lowest BCUT2D eigenvalue weighted by Gasteiger charge is -2.26. The van der Waals surface area contributed by atoms with Crippen LogP contribution < -0.4 is 5.73 Å². The van der Waals surface area contributed by atoms with Crippen LogP contribution in [0.25, 0.3) is 0 Å². The van der Waals surface area contributed by atoms with Gasteiger partial charge in [0.2, 0.25) is 0 Å².